The molecule has 2 amide bonds. The zero-order valence-electron chi connectivity index (χ0n) is 16.4. The Hall–Kier alpha value is -3.19. The fourth-order valence-electron chi connectivity index (χ4n) is 2.64. The molecule has 29 heavy (non-hydrogen) atoms. The lowest BCUT2D eigenvalue weighted by Crippen LogP contribution is -2.24. The summed E-state index contributed by atoms with van der Waals surface area (Å²) in [5.41, 5.74) is 2.40. The molecule has 0 atom stereocenters. The van der Waals surface area contributed by atoms with Gasteiger partial charge in [-0.3, -0.25) is 9.59 Å². The summed E-state index contributed by atoms with van der Waals surface area (Å²) in [6, 6.07) is 13.8. The lowest BCUT2D eigenvalue weighted by molar-refractivity contribution is 0.0952. The van der Waals surface area contributed by atoms with Crippen LogP contribution < -0.4 is 15.4 Å². The normalized spacial score (nSPS) is 10.4. The van der Waals surface area contributed by atoms with E-state index in [9.17, 15) is 9.59 Å². The molecule has 150 valence electrons. The van der Waals surface area contributed by atoms with Crippen molar-refractivity contribution in [3.63, 3.8) is 0 Å². The molecule has 0 radical (unpaired) electrons. The Bertz CT molecular complexity index is 1000. The second-order valence-electron chi connectivity index (χ2n) is 6.47. The third-order valence-electron chi connectivity index (χ3n) is 4.07. The van der Waals surface area contributed by atoms with Crippen molar-refractivity contribution in [2.75, 3.05) is 11.9 Å². The van der Waals surface area contributed by atoms with Gasteiger partial charge in [-0.2, -0.15) is 0 Å². The van der Waals surface area contributed by atoms with Crippen molar-refractivity contribution in [2.45, 2.75) is 26.9 Å². The molecule has 7 heteroatoms. The van der Waals surface area contributed by atoms with E-state index < -0.39 is 0 Å². The first-order valence-corrected chi connectivity index (χ1v) is 10.3. The van der Waals surface area contributed by atoms with Crippen molar-refractivity contribution >= 4 is 28.8 Å². The average Bonchev–Trinajstić information content (AvgIpc) is 3.16. The smallest absolute Gasteiger partial charge is 0.255 e. The maximum atomic E-state index is 12.6. The van der Waals surface area contributed by atoms with Crippen LogP contribution in [0, 0.1) is 6.92 Å². The molecule has 3 rings (SSSR count). The van der Waals surface area contributed by atoms with Crippen molar-refractivity contribution in [3.8, 4) is 5.75 Å². The molecule has 1 heterocycles. The van der Waals surface area contributed by atoms with Crippen molar-refractivity contribution in [1.29, 1.82) is 0 Å². The van der Waals surface area contributed by atoms with Gasteiger partial charge in [0.25, 0.3) is 11.8 Å². The quantitative estimate of drug-likeness (QED) is 0.577. The van der Waals surface area contributed by atoms with Crippen LogP contribution in [-0.2, 0) is 6.61 Å². The second kappa shape index (κ2) is 9.84. The molecular weight excluding hydrogens is 386 g/mol. The molecular formula is C22H23N3O3S. The molecule has 0 unspecified atom stereocenters. The zero-order valence-corrected chi connectivity index (χ0v) is 17.2. The van der Waals surface area contributed by atoms with Crippen molar-refractivity contribution in [2.24, 2.45) is 0 Å². The molecule has 2 N–H and O–H groups in total. The van der Waals surface area contributed by atoms with Crippen LogP contribution in [0.4, 0.5) is 5.69 Å². The predicted molar refractivity (Wildman–Crippen MR) is 115 cm³/mol. The van der Waals surface area contributed by atoms with Crippen LogP contribution >= 0.6 is 11.3 Å². The van der Waals surface area contributed by atoms with Crippen LogP contribution in [0.1, 0.15) is 44.8 Å². The summed E-state index contributed by atoms with van der Waals surface area (Å²) < 4.78 is 5.75. The van der Waals surface area contributed by atoms with E-state index in [4.69, 9.17) is 4.74 Å². The molecule has 0 saturated heterocycles. The first-order chi connectivity index (χ1) is 14.0. The van der Waals surface area contributed by atoms with Gasteiger partial charge in [-0.05, 0) is 49.7 Å². The highest BCUT2D eigenvalue weighted by Gasteiger charge is 2.10. The molecule has 0 fully saturated rings. The number of aryl methyl sites for hydroxylation is 1. The van der Waals surface area contributed by atoms with Crippen LogP contribution in [0.25, 0.3) is 0 Å². The number of ether oxygens (including phenoxy) is 1. The Morgan fingerprint density at radius 1 is 1.07 bits per heavy atom. The molecule has 6 nitrogen and oxygen atoms in total. The average molecular weight is 410 g/mol. The number of benzene rings is 2. The number of aromatic nitrogens is 1. The molecule has 0 aliphatic heterocycles. The fraction of sp³-hybridized carbons (Fsp3) is 0.227. The zero-order chi connectivity index (χ0) is 20.6. The molecule has 2 aromatic carbocycles. The first-order valence-electron chi connectivity index (χ1n) is 9.38. The minimum absolute atomic E-state index is 0.157. The molecule has 0 bridgehead atoms. The van der Waals surface area contributed by atoms with Gasteiger partial charge in [0.1, 0.15) is 12.4 Å². The number of amides is 2. The number of thiazole rings is 1. The van der Waals surface area contributed by atoms with Crippen molar-refractivity contribution in [1.82, 2.24) is 10.3 Å². The highest BCUT2D eigenvalue weighted by Crippen LogP contribution is 2.18. The lowest BCUT2D eigenvalue weighted by atomic mass is 10.1. The minimum atomic E-state index is -0.272. The number of hydrogen-bond donors (Lipinski definition) is 2. The van der Waals surface area contributed by atoms with Crippen molar-refractivity contribution < 1.29 is 14.3 Å². The molecule has 3 aromatic rings. The fourth-order valence-corrected chi connectivity index (χ4v) is 3.24. The number of rotatable bonds is 8. The molecule has 0 aliphatic rings. The number of carbonyl (C=O) groups is 2. The van der Waals surface area contributed by atoms with Gasteiger partial charge in [-0.15, -0.1) is 11.3 Å². The highest BCUT2D eigenvalue weighted by molar-refractivity contribution is 7.09. The maximum Gasteiger partial charge on any atom is 0.255 e. The Balaban J connectivity index is 1.64. The van der Waals surface area contributed by atoms with E-state index >= 15 is 0 Å². The van der Waals surface area contributed by atoms with E-state index in [0.29, 0.717) is 35.7 Å². The van der Waals surface area contributed by atoms with Crippen LogP contribution in [0.3, 0.4) is 0 Å². The lowest BCUT2D eigenvalue weighted by Gasteiger charge is -2.09. The Morgan fingerprint density at radius 2 is 1.83 bits per heavy atom. The van der Waals surface area contributed by atoms with Gasteiger partial charge in [0.05, 0.1) is 10.7 Å². The van der Waals surface area contributed by atoms with Crippen LogP contribution in [-0.4, -0.2) is 23.3 Å². The Labute approximate surface area is 173 Å². The van der Waals surface area contributed by atoms with E-state index in [1.807, 2.05) is 19.2 Å². The molecule has 0 aliphatic carbocycles. The number of nitrogens with zero attached hydrogens (tertiary/aromatic N) is 1. The summed E-state index contributed by atoms with van der Waals surface area (Å²) >= 11 is 1.57. The molecule has 0 spiro atoms. The summed E-state index contributed by atoms with van der Waals surface area (Å²) in [6.45, 7) is 4.90. The Kier molecular flexibility index (Phi) is 6.97. The number of carbonyl (C=O) groups excluding carboxylic acids is 2. The van der Waals surface area contributed by atoms with Crippen LogP contribution in [0.15, 0.2) is 53.9 Å². The van der Waals surface area contributed by atoms with Gasteiger partial charge in [0, 0.05) is 28.7 Å². The number of hydrogen-bond acceptors (Lipinski definition) is 5. The van der Waals surface area contributed by atoms with Crippen molar-refractivity contribution in [3.05, 3.63) is 75.7 Å². The number of anilines is 1. The maximum absolute atomic E-state index is 12.6. The van der Waals surface area contributed by atoms with Gasteiger partial charge >= 0.3 is 0 Å². The number of nitrogens with one attached hydrogen (secondary N) is 2. The topological polar surface area (TPSA) is 80.3 Å². The van der Waals surface area contributed by atoms with Gasteiger partial charge < -0.3 is 15.4 Å². The molecule has 0 saturated carbocycles. The SMILES string of the molecule is CCCNC(=O)c1cccc(NC(=O)c2cccc(OCc3csc(C)n3)c2)c1. The summed E-state index contributed by atoms with van der Waals surface area (Å²) in [4.78, 5) is 29.1. The predicted octanol–water partition coefficient (Wildman–Crippen LogP) is 4.42. The van der Waals surface area contributed by atoms with Gasteiger partial charge in [-0.1, -0.05) is 19.1 Å². The first kappa shape index (κ1) is 20.5. The second-order valence-corrected chi connectivity index (χ2v) is 7.53. The van der Waals surface area contributed by atoms with Crippen LogP contribution in [0.5, 0.6) is 5.75 Å². The van der Waals surface area contributed by atoms with E-state index in [1.54, 1.807) is 59.9 Å². The monoisotopic (exact) mass is 409 g/mol. The summed E-state index contributed by atoms with van der Waals surface area (Å²) in [6.07, 6.45) is 0.864. The summed E-state index contributed by atoms with van der Waals surface area (Å²) in [5.74, 6) is 0.165. The van der Waals surface area contributed by atoms with E-state index in [-0.39, 0.29) is 11.8 Å². The van der Waals surface area contributed by atoms with Gasteiger partial charge in [-0.25, -0.2) is 4.98 Å². The third kappa shape index (κ3) is 5.89. The van der Waals surface area contributed by atoms with Gasteiger partial charge in [0.15, 0.2) is 0 Å². The Morgan fingerprint density at radius 3 is 2.55 bits per heavy atom. The standard InChI is InChI=1S/C22H23N3O3S/c1-3-10-23-21(26)16-6-4-8-18(11-16)25-22(27)17-7-5-9-20(12-17)28-13-19-14-29-15(2)24-19/h4-9,11-12,14H,3,10,13H2,1-2H3,(H,23,26)(H,25,27). The minimum Gasteiger partial charge on any atom is -0.487 e. The summed E-state index contributed by atoms with van der Waals surface area (Å²) in [7, 11) is 0. The van der Waals surface area contributed by atoms with E-state index in [1.165, 1.54) is 0 Å². The largest absolute Gasteiger partial charge is 0.487 e. The molecule has 1 aromatic heterocycles. The third-order valence-corrected chi connectivity index (χ3v) is 4.89. The van der Waals surface area contributed by atoms with Crippen LogP contribution in [0.2, 0.25) is 0 Å². The van der Waals surface area contributed by atoms with E-state index in [2.05, 4.69) is 15.6 Å². The summed E-state index contributed by atoms with van der Waals surface area (Å²) in [5, 5.41) is 8.60. The highest BCUT2D eigenvalue weighted by atomic mass is 32.1. The van der Waals surface area contributed by atoms with Gasteiger partial charge in [0.2, 0.25) is 0 Å². The van der Waals surface area contributed by atoms with E-state index in [0.717, 1.165) is 17.1 Å².